The van der Waals surface area contributed by atoms with Crippen molar-refractivity contribution in [3.63, 3.8) is 0 Å². The van der Waals surface area contributed by atoms with E-state index >= 15 is 0 Å². The van der Waals surface area contributed by atoms with E-state index in [-0.39, 0.29) is 5.04 Å². The van der Waals surface area contributed by atoms with E-state index in [0.29, 0.717) is 4.91 Å². The number of esters is 2. The number of methoxy groups -OCH3 is 2. The quantitative estimate of drug-likeness (QED) is 0.742. The summed E-state index contributed by atoms with van der Waals surface area (Å²) in [7, 11) is 4.52. The maximum absolute atomic E-state index is 12.1. The molecule has 9 heteroatoms. The number of benzene rings is 1. The highest BCUT2D eigenvalue weighted by Crippen LogP contribution is 2.58. The molecule has 1 spiro atoms. The zero-order chi connectivity index (χ0) is 18.2. The number of hydrogen-bond donors (Lipinski definition) is 0. The fourth-order valence-corrected chi connectivity index (χ4v) is 5.42. The molecule has 1 atom stereocenters. The minimum atomic E-state index is -0.835. The zero-order valence-electron chi connectivity index (χ0n) is 14.2. The molecule has 25 heavy (non-hydrogen) atoms. The number of thioether (sulfide) groups is 2. The molecule has 7 nitrogen and oxygen atoms in total. The van der Waals surface area contributed by atoms with E-state index in [0.717, 1.165) is 11.4 Å². The van der Waals surface area contributed by atoms with E-state index in [9.17, 15) is 9.59 Å². The van der Waals surface area contributed by atoms with Crippen LogP contribution in [-0.2, 0) is 19.1 Å². The average molecular weight is 379 g/mol. The number of anilines is 1. The Hall–Kier alpha value is -2.13. The van der Waals surface area contributed by atoms with Crippen LogP contribution in [0.3, 0.4) is 0 Å². The van der Waals surface area contributed by atoms with Gasteiger partial charge in [-0.2, -0.15) is 5.10 Å². The van der Waals surface area contributed by atoms with Gasteiger partial charge in [-0.3, -0.25) is 0 Å². The van der Waals surface area contributed by atoms with Crippen LogP contribution in [0.5, 0.6) is 0 Å². The molecule has 2 heterocycles. The van der Waals surface area contributed by atoms with Gasteiger partial charge in [-0.1, -0.05) is 30.0 Å². The predicted octanol–water partition coefficient (Wildman–Crippen LogP) is 2.42. The summed E-state index contributed by atoms with van der Waals surface area (Å²) in [6.07, 6.45) is 0. The third-order valence-electron chi connectivity index (χ3n) is 3.91. The van der Waals surface area contributed by atoms with Crippen molar-refractivity contribution < 1.29 is 19.1 Å². The van der Waals surface area contributed by atoms with Crippen molar-refractivity contribution in [1.82, 2.24) is 4.90 Å². The Morgan fingerprint density at radius 2 is 1.72 bits per heavy atom. The molecule has 0 fully saturated rings. The molecule has 0 bridgehead atoms. The van der Waals surface area contributed by atoms with E-state index < -0.39 is 16.3 Å². The highest BCUT2D eigenvalue weighted by molar-refractivity contribution is 8.28. The van der Waals surface area contributed by atoms with Crippen LogP contribution in [0.2, 0.25) is 0 Å². The number of hydrazone groups is 1. The Morgan fingerprint density at radius 3 is 2.32 bits per heavy atom. The summed E-state index contributed by atoms with van der Waals surface area (Å²) in [5, 5.41) is 6.42. The largest absolute Gasteiger partial charge is 0.465 e. The maximum atomic E-state index is 12.1. The lowest BCUT2D eigenvalue weighted by Crippen LogP contribution is -2.47. The normalized spacial score (nSPS) is 22.5. The SMILES string of the molecule is COC(=O)C1=NN(c2ccccc2)[C@]2(S1)SC(C(=O)OC)=C(C)N2C. The number of nitrogens with zero attached hydrogens (tertiary/aromatic N) is 3. The second-order valence-corrected chi connectivity index (χ2v) is 7.86. The summed E-state index contributed by atoms with van der Waals surface area (Å²) in [6.45, 7) is 1.84. The fourth-order valence-electron chi connectivity index (χ4n) is 2.50. The Bertz CT molecular complexity index is 781. The maximum Gasteiger partial charge on any atom is 0.365 e. The first kappa shape index (κ1) is 17.7. The Kier molecular flexibility index (Phi) is 4.70. The first-order valence-electron chi connectivity index (χ1n) is 7.38. The molecule has 0 aliphatic carbocycles. The van der Waals surface area contributed by atoms with Gasteiger partial charge >= 0.3 is 11.9 Å². The molecule has 2 aliphatic heterocycles. The number of hydrogen-bond acceptors (Lipinski definition) is 9. The Balaban J connectivity index is 2.06. The topological polar surface area (TPSA) is 71.4 Å². The number of ether oxygens (including phenoxy) is 2. The molecule has 132 valence electrons. The van der Waals surface area contributed by atoms with Crippen LogP contribution in [0, 0.1) is 0 Å². The first-order chi connectivity index (χ1) is 11.9. The molecular weight excluding hydrogens is 362 g/mol. The number of allylic oxidation sites excluding steroid dienone is 1. The Morgan fingerprint density at radius 1 is 1.08 bits per heavy atom. The molecule has 1 aromatic carbocycles. The molecule has 0 unspecified atom stereocenters. The third-order valence-corrected chi connectivity index (χ3v) is 6.94. The van der Waals surface area contributed by atoms with Gasteiger partial charge in [0.15, 0.2) is 0 Å². The number of rotatable bonds is 3. The smallest absolute Gasteiger partial charge is 0.365 e. The molecule has 0 N–H and O–H groups in total. The number of carbonyl (C=O) groups is 2. The molecular formula is C16H17N3O4S2. The summed E-state index contributed by atoms with van der Waals surface area (Å²) in [5.74, 6) is -0.924. The minimum absolute atomic E-state index is 0.226. The second-order valence-electron chi connectivity index (χ2n) is 5.26. The van der Waals surface area contributed by atoms with Crippen LogP contribution < -0.4 is 5.01 Å². The third kappa shape index (κ3) is 2.77. The van der Waals surface area contributed by atoms with Gasteiger partial charge < -0.3 is 14.4 Å². The molecule has 3 rings (SSSR count). The lowest BCUT2D eigenvalue weighted by molar-refractivity contribution is -0.135. The van der Waals surface area contributed by atoms with Crippen LogP contribution >= 0.6 is 23.5 Å². The van der Waals surface area contributed by atoms with Crippen LogP contribution in [0.15, 0.2) is 46.0 Å². The lowest BCUT2D eigenvalue weighted by Gasteiger charge is -2.39. The Labute approximate surface area is 154 Å². The van der Waals surface area contributed by atoms with Crippen molar-refractivity contribution in [2.45, 2.75) is 11.3 Å². The van der Waals surface area contributed by atoms with Crippen molar-refractivity contribution in [2.24, 2.45) is 5.10 Å². The fraction of sp³-hybridized carbons (Fsp3) is 0.312. The van der Waals surface area contributed by atoms with E-state index in [1.54, 1.807) is 5.01 Å². The highest BCUT2D eigenvalue weighted by atomic mass is 32.2. The number of para-hydroxylation sites is 1. The van der Waals surface area contributed by atoms with Crippen molar-refractivity contribution >= 4 is 46.2 Å². The number of carbonyl (C=O) groups excluding carboxylic acids is 2. The van der Waals surface area contributed by atoms with E-state index in [2.05, 4.69) is 5.10 Å². The van der Waals surface area contributed by atoms with E-state index in [4.69, 9.17) is 9.47 Å². The molecule has 0 amide bonds. The first-order valence-corrected chi connectivity index (χ1v) is 9.01. The van der Waals surface area contributed by atoms with Crippen molar-refractivity contribution in [2.75, 3.05) is 26.3 Å². The lowest BCUT2D eigenvalue weighted by atomic mass is 10.3. The summed E-state index contributed by atoms with van der Waals surface area (Å²) < 4.78 is 8.88. The van der Waals surface area contributed by atoms with Gasteiger partial charge in [0.2, 0.25) is 9.37 Å². The van der Waals surface area contributed by atoms with Crippen molar-refractivity contribution in [1.29, 1.82) is 0 Å². The standard InChI is InChI=1S/C16H17N3O4S2/c1-10-12(14(20)22-3)24-16(18(10)2)19(11-8-6-5-7-9-11)17-13(25-16)15(21)23-4/h5-9H,1-4H3/t16-/m0/s1. The van der Waals surface area contributed by atoms with Crippen LogP contribution in [-0.4, -0.2) is 47.5 Å². The van der Waals surface area contributed by atoms with E-state index in [1.165, 1.54) is 37.7 Å². The van der Waals surface area contributed by atoms with Crippen LogP contribution in [0.4, 0.5) is 5.69 Å². The average Bonchev–Trinajstić information content (AvgIpc) is 3.15. The van der Waals surface area contributed by atoms with Gasteiger partial charge in [-0.25, -0.2) is 14.6 Å². The van der Waals surface area contributed by atoms with Gasteiger partial charge in [0.1, 0.15) is 4.91 Å². The van der Waals surface area contributed by atoms with Gasteiger partial charge in [0.05, 0.1) is 19.9 Å². The molecule has 0 saturated heterocycles. The van der Waals surface area contributed by atoms with Gasteiger partial charge in [-0.05, 0) is 30.8 Å². The zero-order valence-corrected chi connectivity index (χ0v) is 15.8. The summed E-state index contributed by atoms with van der Waals surface area (Å²) in [4.78, 5) is 26.6. The van der Waals surface area contributed by atoms with Gasteiger partial charge in [0, 0.05) is 12.7 Å². The highest BCUT2D eigenvalue weighted by Gasteiger charge is 2.56. The second kappa shape index (κ2) is 6.64. The van der Waals surface area contributed by atoms with Gasteiger partial charge in [0.25, 0.3) is 0 Å². The van der Waals surface area contributed by atoms with E-state index in [1.807, 2.05) is 49.2 Å². The molecule has 0 radical (unpaired) electrons. The molecule has 1 aromatic rings. The summed E-state index contributed by atoms with van der Waals surface area (Å²) >= 11 is 2.54. The van der Waals surface area contributed by atoms with Crippen molar-refractivity contribution in [3.05, 3.63) is 40.9 Å². The van der Waals surface area contributed by atoms with Crippen LogP contribution in [0.1, 0.15) is 6.92 Å². The molecule has 2 aliphatic rings. The summed E-state index contributed by atoms with van der Waals surface area (Å²) in [5.41, 5.74) is 1.55. The predicted molar refractivity (Wildman–Crippen MR) is 98.8 cm³/mol. The minimum Gasteiger partial charge on any atom is -0.465 e. The molecule has 0 aromatic heterocycles. The van der Waals surface area contributed by atoms with Crippen LogP contribution in [0.25, 0.3) is 0 Å². The molecule has 0 saturated carbocycles. The van der Waals surface area contributed by atoms with Crippen molar-refractivity contribution in [3.8, 4) is 0 Å². The van der Waals surface area contributed by atoms with Gasteiger partial charge in [-0.15, -0.1) is 0 Å². The monoisotopic (exact) mass is 379 g/mol. The summed E-state index contributed by atoms with van der Waals surface area (Å²) in [6, 6.07) is 9.47.